The van der Waals surface area contributed by atoms with E-state index in [9.17, 15) is 9.59 Å². The number of quaternary nitrogens is 1. The molecule has 3 rings (SSSR count). The number of aryl methyl sites for hydroxylation is 1. The lowest BCUT2D eigenvalue weighted by atomic mass is 10.2. The molecule has 0 radical (unpaired) electrons. The average Bonchev–Trinajstić information content (AvgIpc) is 3.12. The van der Waals surface area contributed by atoms with Gasteiger partial charge >= 0.3 is 6.03 Å². The van der Waals surface area contributed by atoms with Crippen LogP contribution in [0, 0.1) is 6.92 Å². The lowest BCUT2D eigenvalue weighted by Gasteiger charge is -2.21. The van der Waals surface area contributed by atoms with E-state index in [0.29, 0.717) is 6.67 Å². The summed E-state index contributed by atoms with van der Waals surface area (Å²) in [5, 5.41) is 4.13. The number of anilines is 1. The van der Waals surface area contributed by atoms with E-state index >= 15 is 0 Å². The molecule has 0 spiro atoms. The molecule has 2 aromatic rings. The molecule has 1 aliphatic rings. The number of amides is 3. The largest absolute Gasteiger partial charge is 0.336 e. The van der Waals surface area contributed by atoms with E-state index in [1.807, 2.05) is 43.6 Å². The van der Waals surface area contributed by atoms with Gasteiger partial charge in [0.15, 0.2) is 6.67 Å². The highest BCUT2D eigenvalue weighted by Gasteiger charge is 2.44. The fourth-order valence-electron chi connectivity index (χ4n) is 2.98. The molecule has 1 aliphatic heterocycles. The third-order valence-electron chi connectivity index (χ3n) is 4.27. The van der Waals surface area contributed by atoms with Gasteiger partial charge in [-0.05, 0) is 42.8 Å². The zero-order valence-corrected chi connectivity index (χ0v) is 15.0. The summed E-state index contributed by atoms with van der Waals surface area (Å²) in [6.07, 6.45) is 0. The highest BCUT2D eigenvalue weighted by atomic mass is 32.1. The first-order chi connectivity index (χ1) is 11.5. The summed E-state index contributed by atoms with van der Waals surface area (Å²) in [6.45, 7) is 4.95. The van der Waals surface area contributed by atoms with Crippen LogP contribution >= 0.6 is 11.3 Å². The van der Waals surface area contributed by atoms with Gasteiger partial charge in [0, 0.05) is 11.3 Å². The molecule has 1 N–H and O–H groups in total. The minimum absolute atomic E-state index is 0.134. The molecule has 0 bridgehead atoms. The Morgan fingerprint density at radius 2 is 1.88 bits per heavy atom. The number of thiophene rings is 1. The molecular formula is C18H22N3O2S+. The van der Waals surface area contributed by atoms with Crippen molar-refractivity contribution in [3.63, 3.8) is 0 Å². The predicted octanol–water partition coefficient (Wildman–Crippen LogP) is 1.89. The molecule has 2 heterocycles. The Labute approximate surface area is 146 Å². The number of hydrogen-bond acceptors (Lipinski definition) is 3. The van der Waals surface area contributed by atoms with Crippen molar-refractivity contribution < 1.29 is 14.5 Å². The molecule has 0 aliphatic carbocycles. The number of nitrogens with zero attached hydrogens (tertiary/aromatic N) is 2. The van der Waals surface area contributed by atoms with Crippen molar-refractivity contribution in [2.75, 3.05) is 18.6 Å². The molecular weight excluding hydrogens is 322 g/mol. The van der Waals surface area contributed by atoms with Gasteiger partial charge in [0.25, 0.3) is 5.91 Å². The van der Waals surface area contributed by atoms with Gasteiger partial charge in [-0.25, -0.2) is 9.69 Å². The Kier molecular flexibility index (Phi) is 4.69. The van der Waals surface area contributed by atoms with Crippen molar-refractivity contribution in [3.8, 4) is 0 Å². The second kappa shape index (κ2) is 6.75. The summed E-state index contributed by atoms with van der Waals surface area (Å²) in [6, 6.07) is 9.07. The summed E-state index contributed by atoms with van der Waals surface area (Å²) in [4.78, 5) is 29.4. The number of imide groups is 1. The lowest BCUT2D eigenvalue weighted by Crippen LogP contribution is -3.09. The molecule has 1 saturated heterocycles. The molecule has 3 amide bonds. The van der Waals surface area contributed by atoms with Crippen LogP contribution in [0.1, 0.15) is 18.1 Å². The van der Waals surface area contributed by atoms with Crippen LogP contribution in [0.5, 0.6) is 0 Å². The van der Waals surface area contributed by atoms with Gasteiger partial charge in [0.2, 0.25) is 0 Å². The van der Waals surface area contributed by atoms with Gasteiger partial charge < -0.3 is 4.90 Å². The topological polar surface area (TPSA) is 45.1 Å². The van der Waals surface area contributed by atoms with Gasteiger partial charge in [-0.2, -0.15) is 11.3 Å². The van der Waals surface area contributed by atoms with E-state index in [2.05, 4.69) is 11.4 Å². The van der Waals surface area contributed by atoms with Crippen molar-refractivity contribution in [3.05, 3.63) is 52.2 Å². The van der Waals surface area contributed by atoms with Crippen molar-refractivity contribution in [1.82, 2.24) is 4.90 Å². The third-order valence-corrected chi connectivity index (χ3v) is 5.01. The SMILES string of the molecule is Cc1ccc(N2C(=O)N(C[NH+](C)Cc3ccsc3)C(=O)[C@@H]2C)cc1. The second-order valence-corrected chi connectivity index (χ2v) is 7.13. The summed E-state index contributed by atoms with van der Waals surface area (Å²) >= 11 is 1.66. The maximum Gasteiger partial charge on any atom is 0.336 e. The highest BCUT2D eigenvalue weighted by molar-refractivity contribution is 7.07. The molecule has 1 aromatic heterocycles. The Morgan fingerprint density at radius 1 is 1.17 bits per heavy atom. The van der Waals surface area contributed by atoms with Gasteiger partial charge in [-0.3, -0.25) is 9.69 Å². The fourth-order valence-corrected chi connectivity index (χ4v) is 3.65. The van der Waals surface area contributed by atoms with Crippen LogP contribution in [0.15, 0.2) is 41.1 Å². The molecule has 0 saturated carbocycles. The summed E-state index contributed by atoms with van der Waals surface area (Å²) in [7, 11) is 2.00. The van der Waals surface area contributed by atoms with Gasteiger partial charge in [0.05, 0.1) is 7.05 Å². The van der Waals surface area contributed by atoms with E-state index < -0.39 is 6.04 Å². The zero-order chi connectivity index (χ0) is 17.3. The molecule has 1 unspecified atom stereocenters. The normalized spacial score (nSPS) is 19.2. The number of hydrogen-bond donors (Lipinski definition) is 1. The number of benzene rings is 1. The van der Waals surface area contributed by atoms with Crippen LogP contribution < -0.4 is 9.80 Å². The van der Waals surface area contributed by atoms with Crippen LogP contribution in [0.3, 0.4) is 0 Å². The van der Waals surface area contributed by atoms with E-state index in [0.717, 1.165) is 22.7 Å². The summed E-state index contributed by atoms with van der Waals surface area (Å²) in [5.41, 5.74) is 3.12. The maximum atomic E-state index is 12.8. The number of carbonyl (C=O) groups is 2. The van der Waals surface area contributed by atoms with Crippen LogP contribution in [0.25, 0.3) is 0 Å². The summed E-state index contributed by atoms with van der Waals surface area (Å²) < 4.78 is 0. The Hall–Kier alpha value is -2.18. The first-order valence-corrected chi connectivity index (χ1v) is 8.95. The first kappa shape index (κ1) is 16.7. The fraction of sp³-hybridized carbons (Fsp3) is 0.333. The maximum absolute atomic E-state index is 12.8. The molecule has 6 heteroatoms. The Bertz CT molecular complexity index is 727. The van der Waals surface area contributed by atoms with Gasteiger partial charge in [0.1, 0.15) is 12.6 Å². The summed E-state index contributed by atoms with van der Waals surface area (Å²) in [5.74, 6) is -0.134. The van der Waals surface area contributed by atoms with Crippen molar-refractivity contribution in [2.45, 2.75) is 26.4 Å². The quantitative estimate of drug-likeness (QED) is 0.842. The van der Waals surface area contributed by atoms with Gasteiger partial charge in [-0.1, -0.05) is 17.7 Å². The smallest absolute Gasteiger partial charge is 0.316 e. The average molecular weight is 344 g/mol. The van der Waals surface area contributed by atoms with Crippen molar-refractivity contribution in [1.29, 1.82) is 0 Å². The molecule has 24 heavy (non-hydrogen) atoms. The van der Waals surface area contributed by atoms with Crippen LogP contribution in [0.2, 0.25) is 0 Å². The van der Waals surface area contributed by atoms with E-state index in [4.69, 9.17) is 0 Å². The third kappa shape index (κ3) is 3.20. The lowest BCUT2D eigenvalue weighted by molar-refractivity contribution is -0.901. The molecule has 5 nitrogen and oxygen atoms in total. The molecule has 126 valence electrons. The monoisotopic (exact) mass is 344 g/mol. The molecule has 1 aromatic carbocycles. The minimum Gasteiger partial charge on any atom is -0.316 e. The number of urea groups is 1. The zero-order valence-electron chi connectivity index (χ0n) is 14.2. The van der Waals surface area contributed by atoms with E-state index in [1.165, 1.54) is 10.5 Å². The standard InChI is InChI=1S/C18H21N3O2S/c1-13-4-6-16(7-5-13)21-14(2)17(22)20(18(21)23)12-19(3)10-15-8-9-24-11-15/h4-9,11,14H,10,12H2,1-3H3/p+1/t14-/m0/s1. The highest BCUT2D eigenvalue weighted by Crippen LogP contribution is 2.25. The van der Waals surface area contributed by atoms with Crippen LogP contribution in [0.4, 0.5) is 10.5 Å². The van der Waals surface area contributed by atoms with Crippen molar-refractivity contribution in [2.24, 2.45) is 0 Å². The molecule has 1 fully saturated rings. The number of carbonyl (C=O) groups excluding carboxylic acids is 2. The van der Waals surface area contributed by atoms with Crippen molar-refractivity contribution >= 4 is 29.0 Å². The first-order valence-electron chi connectivity index (χ1n) is 8.01. The van der Waals surface area contributed by atoms with Gasteiger partial charge in [-0.15, -0.1) is 0 Å². The Morgan fingerprint density at radius 3 is 2.50 bits per heavy atom. The second-order valence-electron chi connectivity index (χ2n) is 6.35. The van der Waals surface area contributed by atoms with Crippen LogP contribution in [-0.2, 0) is 11.3 Å². The van der Waals surface area contributed by atoms with E-state index in [1.54, 1.807) is 23.2 Å². The number of nitrogens with one attached hydrogen (secondary N) is 1. The number of rotatable bonds is 5. The minimum atomic E-state index is -0.464. The van der Waals surface area contributed by atoms with E-state index in [-0.39, 0.29) is 11.9 Å². The predicted molar refractivity (Wildman–Crippen MR) is 95.1 cm³/mol. The Balaban J connectivity index is 1.74. The van der Waals surface area contributed by atoms with Crippen LogP contribution in [-0.4, -0.2) is 36.6 Å². The molecule has 2 atom stereocenters.